The van der Waals surface area contributed by atoms with Crippen LogP contribution in [-0.2, 0) is 4.74 Å². The first kappa shape index (κ1) is 14.1. The molecule has 0 aliphatic rings. The maximum atomic E-state index is 5.78. The molecule has 108 valence electrons. The van der Waals surface area contributed by atoms with E-state index in [1.54, 1.807) is 7.11 Å². The van der Waals surface area contributed by atoms with Crippen LogP contribution in [-0.4, -0.2) is 30.3 Å². The fourth-order valence-electron chi connectivity index (χ4n) is 2.13. The van der Waals surface area contributed by atoms with Gasteiger partial charge < -0.3 is 14.5 Å². The minimum atomic E-state index is 0.505. The van der Waals surface area contributed by atoms with Gasteiger partial charge in [-0.1, -0.05) is 28.1 Å². The Morgan fingerprint density at radius 3 is 2.81 bits per heavy atom. The number of benzene rings is 2. The van der Waals surface area contributed by atoms with Gasteiger partial charge in [-0.2, -0.15) is 0 Å². The molecule has 0 aliphatic carbocycles. The molecule has 4 nitrogen and oxygen atoms in total. The highest BCUT2D eigenvalue weighted by Gasteiger charge is 2.11. The molecule has 0 fully saturated rings. The highest BCUT2D eigenvalue weighted by Crippen LogP contribution is 2.32. The highest BCUT2D eigenvalue weighted by molar-refractivity contribution is 9.10. The number of para-hydroxylation sites is 2. The van der Waals surface area contributed by atoms with Crippen molar-refractivity contribution in [1.82, 2.24) is 9.97 Å². The second-order valence-corrected chi connectivity index (χ2v) is 5.50. The van der Waals surface area contributed by atoms with Crippen molar-refractivity contribution in [3.8, 4) is 17.1 Å². The number of aromatic amines is 1. The lowest BCUT2D eigenvalue weighted by molar-refractivity contribution is 0.146. The van der Waals surface area contributed by atoms with E-state index in [4.69, 9.17) is 9.47 Å². The van der Waals surface area contributed by atoms with Crippen molar-refractivity contribution in [2.75, 3.05) is 20.3 Å². The van der Waals surface area contributed by atoms with Crippen LogP contribution in [0.1, 0.15) is 0 Å². The summed E-state index contributed by atoms with van der Waals surface area (Å²) in [7, 11) is 1.66. The summed E-state index contributed by atoms with van der Waals surface area (Å²) in [4.78, 5) is 7.95. The molecule has 0 radical (unpaired) electrons. The standard InChI is InChI=1S/C16H15BrN2O2/c1-20-8-9-21-15-7-6-11(17)10-12(15)16-18-13-4-2-3-5-14(13)19-16/h2-7,10H,8-9H2,1H3,(H,18,19). The summed E-state index contributed by atoms with van der Waals surface area (Å²) in [6.07, 6.45) is 0. The maximum absolute atomic E-state index is 5.78. The predicted molar refractivity (Wildman–Crippen MR) is 86.6 cm³/mol. The Morgan fingerprint density at radius 2 is 2.00 bits per heavy atom. The van der Waals surface area contributed by atoms with Gasteiger partial charge in [0.05, 0.1) is 23.2 Å². The van der Waals surface area contributed by atoms with Gasteiger partial charge in [-0.25, -0.2) is 4.98 Å². The van der Waals surface area contributed by atoms with E-state index in [9.17, 15) is 0 Å². The Kier molecular flexibility index (Phi) is 4.22. The fraction of sp³-hybridized carbons (Fsp3) is 0.188. The number of halogens is 1. The topological polar surface area (TPSA) is 47.1 Å². The first-order valence-corrected chi connectivity index (χ1v) is 7.43. The predicted octanol–water partition coefficient (Wildman–Crippen LogP) is 4.02. The SMILES string of the molecule is COCCOc1ccc(Br)cc1-c1nc2ccccc2[nH]1. The van der Waals surface area contributed by atoms with Gasteiger partial charge in [0.15, 0.2) is 0 Å². The normalized spacial score (nSPS) is 11.0. The Hall–Kier alpha value is -1.85. The molecule has 0 saturated heterocycles. The monoisotopic (exact) mass is 346 g/mol. The second kappa shape index (κ2) is 6.28. The Bertz CT molecular complexity index is 722. The molecule has 0 atom stereocenters. The van der Waals surface area contributed by atoms with Gasteiger partial charge in [0, 0.05) is 11.6 Å². The lowest BCUT2D eigenvalue weighted by Crippen LogP contribution is -2.05. The molecular weight excluding hydrogens is 332 g/mol. The van der Waals surface area contributed by atoms with E-state index in [0.29, 0.717) is 13.2 Å². The van der Waals surface area contributed by atoms with Crippen LogP contribution in [0.4, 0.5) is 0 Å². The summed E-state index contributed by atoms with van der Waals surface area (Å²) < 4.78 is 11.8. The molecule has 0 spiro atoms. The molecule has 21 heavy (non-hydrogen) atoms. The highest BCUT2D eigenvalue weighted by atomic mass is 79.9. The number of nitrogens with one attached hydrogen (secondary N) is 1. The lowest BCUT2D eigenvalue weighted by atomic mass is 10.2. The number of hydrogen-bond donors (Lipinski definition) is 1. The lowest BCUT2D eigenvalue weighted by Gasteiger charge is -2.10. The number of nitrogens with zero attached hydrogens (tertiary/aromatic N) is 1. The zero-order chi connectivity index (χ0) is 14.7. The third kappa shape index (κ3) is 3.09. The number of hydrogen-bond acceptors (Lipinski definition) is 3. The summed E-state index contributed by atoms with van der Waals surface area (Å²) >= 11 is 3.50. The number of aromatic nitrogens is 2. The van der Waals surface area contributed by atoms with Gasteiger partial charge >= 0.3 is 0 Å². The van der Waals surface area contributed by atoms with Crippen LogP contribution in [0.15, 0.2) is 46.9 Å². The van der Waals surface area contributed by atoms with E-state index in [2.05, 4.69) is 25.9 Å². The summed E-state index contributed by atoms with van der Waals surface area (Å²) in [5.41, 5.74) is 2.88. The number of H-pyrrole nitrogens is 1. The quantitative estimate of drug-likeness (QED) is 0.709. The number of rotatable bonds is 5. The smallest absolute Gasteiger partial charge is 0.142 e. The summed E-state index contributed by atoms with van der Waals surface area (Å²) in [5.74, 6) is 1.58. The van der Waals surface area contributed by atoms with Crippen LogP contribution in [0, 0.1) is 0 Å². The van der Waals surface area contributed by atoms with Gasteiger partial charge in [0.25, 0.3) is 0 Å². The van der Waals surface area contributed by atoms with Crippen LogP contribution in [0.2, 0.25) is 0 Å². The number of ether oxygens (including phenoxy) is 2. The molecule has 3 aromatic rings. The average molecular weight is 347 g/mol. The zero-order valence-corrected chi connectivity index (χ0v) is 13.2. The summed E-state index contributed by atoms with van der Waals surface area (Å²) in [6.45, 7) is 1.06. The van der Waals surface area contributed by atoms with E-state index in [-0.39, 0.29) is 0 Å². The third-order valence-electron chi connectivity index (χ3n) is 3.13. The van der Waals surface area contributed by atoms with Crippen molar-refractivity contribution < 1.29 is 9.47 Å². The minimum Gasteiger partial charge on any atom is -0.490 e. The molecule has 0 unspecified atom stereocenters. The molecule has 0 amide bonds. The van der Waals surface area contributed by atoms with Crippen molar-refractivity contribution in [3.63, 3.8) is 0 Å². The largest absolute Gasteiger partial charge is 0.490 e. The van der Waals surface area contributed by atoms with Gasteiger partial charge in [0.1, 0.15) is 18.2 Å². The van der Waals surface area contributed by atoms with E-state index in [1.807, 2.05) is 42.5 Å². The Labute approximate surface area is 131 Å². The summed E-state index contributed by atoms with van der Waals surface area (Å²) in [6, 6.07) is 13.8. The van der Waals surface area contributed by atoms with Gasteiger partial charge in [-0.15, -0.1) is 0 Å². The molecule has 3 rings (SSSR count). The maximum Gasteiger partial charge on any atom is 0.142 e. The van der Waals surface area contributed by atoms with Crippen molar-refractivity contribution >= 4 is 27.0 Å². The zero-order valence-electron chi connectivity index (χ0n) is 11.6. The number of fused-ring (bicyclic) bond motifs is 1. The van der Waals surface area contributed by atoms with E-state index in [0.717, 1.165) is 32.6 Å². The van der Waals surface area contributed by atoms with Crippen LogP contribution in [0.25, 0.3) is 22.4 Å². The van der Waals surface area contributed by atoms with Crippen LogP contribution in [0.3, 0.4) is 0 Å². The molecule has 2 aromatic carbocycles. The third-order valence-corrected chi connectivity index (χ3v) is 3.62. The van der Waals surface area contributed by atoms with Crippen molar-refractivity contribution in [2.45, 2.75) is 0 Å². The van der Waals surface area contributed by atoms with Crippen molar-refractivity contribution in [1.29, 1.82) is 0 Å². The van der Waals surface area contributed by atoms with Gasteiger partial charge in [-0.05, 0) is 30.3 Å². The molecule has 0 saturated carbocycles. The van der Waals surface area contributed by atoms with Crippen molar-refractivity contribution in [3.05, 3.63) is 46.9 Å². The number of methoxy groups -OCH3 is 1. The van der Waals surface area contributed by atoms with Gasteiger partial charge in [-0.3, -0.25) is 0 Å². The molecule has 1 aromatic heterocycles. The van der Waals surface area contributed by atoms with E-state index in [1.165, 1.54) is 0 Å². The van der Waals surface area contributed by atoms with E-state index < -0.39 is 0 Å². The Balaban J connectivity index is 2.00. The van der Waals surface area contributed by atoms with Gasteiger partial charge in [0.2, 0.25) is 0 Å². The average Bonchev–Trinajstić information content (AvgIpc) is 2.92. The minimum absolute atomic E-state index is 0.505. The molecule has 0 aliphatic heterocycles. The summed E-state index contributed by atoms with van der Waals surface area (Å²) in [5, 5.41) is 0. The first-order valence-electron chi connectivity index (χ1n) is 6.64. The van der Waals surface area contributed by atoms with E-state index >= 15 is 0 Å². The first-order chi connectivity index (χ1) is 10.3. The molecular formula is C16H15BrN2O2. The molecule has 1 N–H and O–H groups in total. The Morgan fingerprint density at radius 1 is 1.14 bits per heavy atom. The van der Waals surface area contributed by atoms with Crippen LogP contribution < -0.4 is 4.74 Å². The molecule has 5 heteroatoms. The second-order valence-electron chi connectivity index (χ2n) is 4.58. The molecule has 0 bridgehead atoms. The number of imidazole rings is 1. The molecule has 1 heterocycles. The van der Waals surface area contributed by atoms with Crippen LogP contribution in [0.5, 0.6) is 5.75 Å². The fourth-order valence-corrected chi connectivity index (χ4v) is 2.49. The van der Waals surface area contributed by atoms with Crippen molar-refractivity contribution in [2.24, 2.45) is 0 Å². The van der Waals surface area contributed by atoms with Crippen LogP contribution >= 0.6 is 15.9 Å².